The summed E-state index contributed by atoms with van der Waals surface area (Å²) in [5, 5.41) is 0. The number of rotatable bonds is 6. The average molecular weight is 439 g/mol. The molecule has 0 saturated carbocycles. The summed E-state index contributed by atoms with van der Waals surface area (Å²) >= 11 is 0. The molecule has 3 aliphatic rings. The van der Waals surface area contributed by atoms with Crippen LogP contribution in [0.25, 0.3) is 0 Å². The van der Waals surface area contributed by atoms with Crippen molar-refractivity contribution in [3.63, 3.8) is 0 Å². The smallest absolute Gasteiger partial charge is 0.163 e. The Balaban J connectivity index is 1.56. The molecule has 0 amide bonds. The Morgan fingerprint density at radius 1 is 1.00 bits per heavy atom. The first-order chi connectivity index (χ1) is 15.4. The van der Waals surface area contributed by atoms with Gasteiger partial charge >= 0.3 is 0 Å². The Hall–Kier alpha value is -2.51. The molecule has 0 spiro atoms. The van der Waals surface area contributed by atoms with E-state index < -0.39 is 0 Å². The fourth-order valence-electron chi connectivity index (χ4n) is 4.62. The minimum Gasteiger partial charge on any atom is -0.378 e. The highest BCUT2D eigenvalue weighted by Gasteiger charge is 2.23. The molecule has 0 N–H and O–H groups in total. The number of anilines is 2. The quantitative estimate of drug-likeness (QED) is 0.633. The van der Waals surface area contributed by atoms with Gasteiger partial charge in [-0.3, -0.25) is 9.59 Å². The number of carbonyl (C=O) groups excluding carboxylic acids is 2. The number of allylic oxidation sites excluding steroid dienone is 4. The molecule has 0 aromatic carbocycles. The van der Waals surface area contributed by atoms with E-state index in [0.717, 1.165) is 67.6 Å². The van der Waals surface area contributed by atoms with E-state index in [4.69, 9.17) is 9.72 Å². The molecule has 0 unspecified atom stereocenters. The van der Waals surface area contributed by atoms with Crippen LogP contribution in [0.2, 0.25) is 0 Å². The van der Waals surface area contributed by atoms with Gasteiger partial charge in [-0.05, 0) is 50.6 Å². The number of piperazine rings is 1. The number of pyridine rings is 1. The van der Waals surface area contributed by atoms with Gasteiger partial charge in [0.15, 0.2) is 11.6 Å². The van der Waals surface area contributed by atoms with E-state index in [2.05, 4.69) is 27.8 Å². The Morgan fingerprint density at radius 2 is 1.62 bits per heavy atom. The average Bonchev–Trinajstić information content (AvgIpc) is 2.79. The van der Waals surface area contributed by atoms with Crippen LogP contribution in [-0.2, 0) is 9.53 Å². The van der Waals surface area contributed by atoms with E-state index in [1.165, 1.54) is 0 Å². The van der Waals surface area contributed by atoms with Gasteiger partial charge < -0.3 is 19.4 Å². The molecule has 32 heavy (non-hydrogen) atoms. The number of hydrogen-bond donors (Lipinski definition) is 0. The number of likely N-dealkylation sites (N-methyl/N-ethyl adjacent to an activating group) is 1. The van der Waals surface area contributed by atoms with Crippen molar-refractivity contribution in [2.75, 3.05) is 69.3 Å². The van der Waals surface area contributed by atoms with Gasteiger partial charge in [-0.15, -0.1) is 0 Å². The van der Waals surface area contributed by atoms with Crippen molar-refractivity contribution in [1.29, 1.82) is 0 Å². The molecule has 0 bridgehead atoms. The number of Topliss-reactive ketones (excluding diaryl/α,β-unsaturated/α-hetero) is 2. The maximum absolute atomic E-state index is 13.2. The summed E-state index contributed by atoms with van der Waals surface area (Å²) < 4.78 is 5.50. The molecule has 3 heterocycles. The molecule has 172 valence electrons. The molecule has 7 nitrogen and oxygen atoms in total. The lowest BCUT2D eigenvalue weighted by atomic mass is 9.89. The zero-order chi connectivity index (χ0) is 22.7. The van der Waals surface area contributed by atoms with Crippen LogP contribution in [0.4, 0.5) is 11.6 Å². The summed E-state index contributed by atoms with van der Waals surface area (Å²) in [5.41, 5.74) is 3.56. The standard InChI is InChI=1S/C25H34N4O3/c1-18-14-19(2)21(23(31)15-18)4-5-22(30)20-16-24(28-8-6-27(3)7-9-28)26-25(17-20)29-10-12-32-13-11-29/h14,16-17H,4-13,15H2,1-3H3. The lowest BCUT2D eigenvalue weighted by molar-refractivity contribution is -0.115. The van der Waals surface area contributed by atoms with E-state index in [9.17, 15) is 9.59 Å². The molecule has 2 fully saturated rings. The number of aromatic nitrogens is 1. The van der Waals surface area contributed by atoms with Crippen molar-refractivity contribution in [2.45, 2.75) is 33.1 Å². The summed E-state index contributed by atoms with van der Waals surface area (Å²) in [6.45, 7) is 10.6. The van der Waals surface area contributed by atoms with Crippen LogP contribution in [0.3, 0.4) is 0 Å². The van der Waals surface area contributed by atoms with Gasteiger partial charge in [0, 0.05) is 57.7 Å². The van der Waals surface area contributed by atoms with Crippen LogP contribution >= 0.6 is 0 Å². The van der Waals surface area contributed by atoms with E-state index in [1.807, 2.05) is 26.0 Å². The first-order valence-electron chi connectivity index (χ1n) is 11.6. The SMILES string of the molecule is CC1=CC(C)=C(CCC(=O)c2cc(N3CCOCC3)nc(N3CCN(C)CC3)c2)C(=O)C1. The molecule has 4 rings (SSSR count). The Bertz CT molecular complexity index is 939. The highest BCUT2D eigenvalue weighted by Crippen LogP contribution is 2.27. The molecule has 1 aliphatic carbocycles. The number of nitrogens with zero attached hydrogens (tertiary/aromatic N) is 4. The van der Waals surface area contributed by atoms with Crippen molar-refractivity contribution < 1.29 is 14.3 Å². The van der Waals surface area contributed by atoms with Crippen molar-refractivity contribution in [3.8, 4) is 0 Å². The Kier molecular flexibility index (Phi) is 7.06. The zero-order valence-electron chi connectivity index (χ0n) is 19.5. The second-order valence-electron chi connectivity index (χ2n) is 9.14. The highest BCUT2D eigenvalue weighted by atomic mass is 16.5. The van der Waals surface area contributed by atoms with E-state index in [1.54, 1.807) is 0 Å². The minimum atomic E-state index is 0.0664. The van der Waals surface area contributed by atoms with Gasteiger partial charge in [0.25, 0.3) is 0 Å². The Morgan fingerprint density at radius 3 is 2.25 bits per heavy atom. The largest absolute Gasteiger partial charge is 0.378 e. The lowest BCUT2D eigenvalue weighted by Gasteiger charge is -2.34. The normalized spacial score (nSPS) is 20.6. The van der Waals surface area contributed by atoms with E-state index in [0.29, 0.717) is 38.0 Å². The molecule has 0 atom stereocenters. The lowest BCUT2D eigenvalue weighted by Crippen LogP contribution is -2.45. The van der Waals surface area contributed by atoms with Gasteiger partial charge in [-0.25, -0.2) is 4.98 Å². The second kappa shape index (κ2) is 9.96. The van der Waals surface area contributed by atoms with Gasteiger partial charge in [0.05, 0.1) is 13.2 Å². The van der Waals surface area contributed by atoms with Gasteiger partial charge in [-0.1, -0.05) is 11.6 Å². The van der Waals surface area contributed by atoms with Crippen LogP contribution in [0.1, 0.15) is 43.5 Å². The first kappa shape index (κ1) is 22.7. The summed E-state index contributed by atoms with van der Waals surface area (Å²) in [7, 11) is 2.13. The number of ketones is 2. The highest BCUT2D eigenvalue weighted by molar-refractivity contribution is 6.02. The number of ether oxygens (including phenoxy) is 1. The monoisotopic (exact) mass is 438 g/mol. The molecule has 2 saturated heterocycles. The fourth-order valence-corrected chi connectivity index (χ4v) is 4.62. The molecule has 2 aliphatic heterocycles. The molecular formula is C25H34N4O3. The predicted molar refractivity (Wildman–Crippen MR) is 127 cm³/mol. The maximum atomic E-state index is 13.2. The molecule has 7 heteroatoms. The maximum Gasteiger partial charge on any atom is 0.163 e. The molecular weight excluding hydrogens is 404 g/mol. The first-order valence-corrected chi connectivity index (χ1v) is 11.6. The third-order valence-electron chi connectivity index (χ3n) is 6.60. The minimum absolute atomic E-state index is 0.0664. The number of morpholine rings is 1. The van der Waals surface area contributed by atoms with Crippen LogP contribution in [0.5, 0.6) is 0 Å². The summed E-state index contributed by atoms with van der Waals surface area (Å²) in [5.74, 6) is 1.93. The topological polar surface area (TPSA) is 66.0 Å². The van der Waals surface area contributed by atoms with Gasteiger partial charge in [0.1, 0.15) is 11.6 Å². The van der Waals surface area contributed by atoms with E-state index in [-0.39, 0.29) is 11.6 Å². The summed E-state index contributed by atoms with van der Waals surface area (Å²) in [4.78, 5) is 37.4. The van der Waals surface area contributed by atoms with Gasteiger partial charge in [-0.2, -0.15) is 0 Å². The molecule has 1 aromatic rings. The van der Waals surface area contributed by atoms with Crippen LogP contribution in [0, 0.1) is 0 Å². The van der Waals surface area contributed by atoms with Crippen LogP contribution in [0.15, 0.2) is 34.9 Å². The third-order valence-corrected chi connectivity index (χ3v) is 6.60. The van der Waals surface area contributed by atoms with Crippen LogP contribution < -0.4 is 9.80 Å². The number of hydrogen-bond acceptors (Lipinski definition) is 7. The predicted octanol–water partition coefficient (Wildman–Crippen LogP) is 2.87. The summed E-state index contributed by atoms with van der Waals surface area (Å²) in [6.07, 6.45) is 3.35. The van der Waals surface area contributed by atoms with Crippen molar-refractivity contribution >= 4 is 23.2 Å². The van der Waals surface area contributed by atoms with Crippen molar-refractivity contribution in [3.05, 3.63) is 40.5 Å². The molecule has 0 radical (unpaired) electrons. The van der Waals surface area contributed by atoms with E-state index >= 15 is 0 Å². The van der Waals surface area contributed by atoms with Gasteiger partial charge in [0.2, 0.25) is 0 Å². The van der Waals surface area contributed by atoms with Crippen molar-refractivity contribution in [2.24, 2.45) is 0 Å². The third kappa shape index (κ3) is 5.27. The second-order valence-corrected chi connectivity index (χ2v) is 9.14. The molecule has 1 aromatic heterocycles. The summed E-state index contributed by atoms with van der Waals surface area (Å²) in [6, 6.07) is 3.85. The fraction of sp³-hybridized carbons (Fsp3) is 0.560. The van der Waals surface area contributed by atoms with Crippen LogP contribution in [-0.4, -0.2) is 81.0 Å². The Labute approximate surface area is 190 Å². The zero-order valence-corrected chi connectivity index (χ0v) is 19.5. The number of carbonyl (C=O) groups is 2. The van der Waals surface area contributed by atoms with Crippen molar-refractivity contribution in [1.82, 2.24) is 9.88 Å².